The van der Waals surface area contributed by atoms with Crippen LogP contribution in [0.1, 0.15) is 11.3 Å². The van der Waals surface area contributed by atoms with Crippen molar-refractivity contribution in [2.45, 2.75) is 18.4 Å². The van der Waals surface area contributed by atoms with Crippen LogP contribution in [0.5, 0.6) is 0 Å². The van der Waals surface area contributed by atoms with Crippen molar-refractivity contribution < 1.29 is 22.4 Å². The Morgan fingerprint density at radius 3 is 2.55 bits per heavy atom. The van der Waals surface area contributed by atoms with Crippen molar-refractivity contribution in [2.24, 2.45) is 0 Å². The number of sulfonamides is 1. The van der Waals surface area contributed by atoms with E-state index in [0.717, 1.165) is 11.1 Å². The number of esters is 1. The van der Waals surface area contributed by atoms with Gasteiger partial charge in [0.25, 0.3) is 0 Å². The van der Waals surface area contributed by atoms with Gasteiger partial charge in [0.2, 0.25) is 15.9 Å². The molecule has 0 spiro atoms. The van der Waals surface area contributed by atoms with Gasteiger partial charge in [0.05, 0.1) is 14.9 Å². The second kappa shape index (κ2) is 8.96. The number of ether oxygens (including phenoxy) is 1. The van der Waals surface area contributed by atoms with Gasteiger partial charge in [0.15, 0.2) is 0 Å². The Balaban J connectivity index is 1.53. The summed E-state index contributed by atoms with van der Waals surface area (Å²) in [6, 6.07) is 11.4. The normalized spacial score (nSPS) is 11.4. The number of benzene rings is 2. The lowest BCUT2D eigenvalue weighted by Gasteiger charge is -2.07. The molecule has 0 saturated carbocycles. The molecular weight excluding hydrogens is 439 g/mol. The second-order valence-electron chi connectivity index (χ2n) is 6.07. The van der Waals surface area contributed by atoms with Crippen molar-refractivity contribution in [1.82, 2.24) is 9.71 Å². The summed E-state index contributed by atoms with van der Waals surface area (Å²) in [4.78, 5) is 16.0. The zero-order chi connectivity index (χ0) is 21.0. The molecule has 7 nitrogen and oxygen atoms in total. The van der Waals surface area contributed by atoms with E-state index in [1.165, 1.54) is 24.5 Å². The van der Waals surface area contributed by atoms with Gasteiger partial charge in [-0.3, -0.25) is 4.79 Å². The topological polar surface area (TPSA) is 98.5 Å². The van der Waals surface area contributed by atoms with E-state index in [0.29, 0.717) is 11.6 Å². The van der Waals surface area contributed by atoms with Crippen LogP contribution in [0.2, 0.25) is 10.0 Å². The van der Waals surface area contributed by atoms with E-state index in [1.807, 2.05) is 31.2 Å². The predicted molar refractivity (Wildman–Crippen MR) is 108 cm³/mol. The molecule has 0 radical (unpaired) electrons. The molecule has 10 heteroatoms. The molecule has 0 aliphatic rings. The summed E-state index contributed by atoms with van der Waals surface area (Å²) in [6.45, 7) is 1.27. The van der Waals surface area contributed by atoms with Gasteiger partial charge in [-0.05, 0) is 37.3 Å². The number of nitrogens with zero attached hydrogens (tertiary/aromatic N) is 1. The zero-order valence-electron chi connectivity index (χ0n) is 15.2. The number of aromatic nitrogens is 1. The third-order valence-corrected chi connectivity index (χ3v) is 5.98. The highest BCUT2D eigenvalue weighted by Gasteiger charge is 2.18. The van der Waals surface area contributed by atoms with Crippen LogP contribution in [0.3, 0.4) is 0 Å². The van der Waals surface area contributed by atoms with E-state index in [2.05, 4.69) is 9.71 Å². The molecule has 29 heavy (non-hydrogen) atoms. The molecule has 0 atom stereocenters. The number of carbonyl (C=O) groups is 1. The van der Waals surface area contributed by atoms with Gasteiger partial charge in [0.1, 0.15) is 25.1 Å². The second-order valence-corrected chi connectivity index (χ2v) is 8.65. The molecule has 0 saturated heterocycles. The summed E-state index contributed by atoms with van der Waals surface area (Å²) in [5.41, 5.74) is 2.31. The minimum absolute atomic E-state index is 0.0903. The lowest BCUT2D eigenvalue weighted by Crippen LogP contribution is -2.30. The monoisotopic (exact) mass is 454 g/mol. The fourth-order valence-electron chi connectivity index (χ4n) is 2.29. The minimum Gasteiger partial charge on any atom is -0.458 e. The van der Waals surface area contributed by atoms with Crippen molar-refractivity contribution >= 4 is 39.2 Å². The summed E-state index contributed by atoms with van der Waals surface area (Å²) < 4.78 is 37.0. The SMILES string of the molecule is Cc1ccc(-c2nc(COC(=O)CNS(=O)(=O)c3ccc(Cl)c(Cl)c3)co2)cc1. The highest BCUT2D eigenvalue weighted by molar-refractivity contribution is 7.89. The predicted octanol–water partition coefficient (Wildman–Crippen LogP) is 3.98. The van der Waals surface area contributed by atoms with Crippen molar-refractivity contribution in [3.63, 3.8) is 0 Å². The smallest absolute Gasteiger partial charge is 0.321 e. The largest absolute Gasteiger partial charge is 0.458 e. The van der Waals surface area contributed by atoms with E-state index >= 15 is 0 Å². The Kier molecular flexibility index (Phi) is 6.59. The fourth-order valence-corrected chi connectivity index (χ4v) is 3.65. The molecule has 2 aromatic carbocycles. The van der Waals surface area contributed by atoms with Crippen molar-refractivity contribution in [1.29, 1.82) is 0 Å². The van der Waals surface area contributed by atoms with Gasteiger partial charge in [-0.15, -0.1) is 0 Å². The maximum Gasteiger partial charge on any atom is 0.321 e. The van der Waals surface area contributed by atoms with Gasteiger partial charge < -0.3 is 9.15 Å². The van der Waals surface area contributed by atoms with Crippen LogP contribution in [0.15, 0.2) is 58.0 Å². The van der Waals surface area contributed by atoms with Crippen LogP contribution in [0, 0.1) is 6.92 Å². The first-order chi connectivity index (χ1) is 13.7. The summed E-state index contributed by atoms with van der Waals surface area (Å²) in [5, 5.41) is 0.315. The molecule has 0 aliphatic heterocycles. The molecule has 0 bridgehead atoms. The molecule has 3 rings (SSSR count). The maximum atomic E-state index is 12.2. The van der Waals surface area contributed by atoms with Gasteiger partial charge in [-0.2, -0.15) is 4.72 Å². The summed E-state index contributed by atoms with van der Waals surface area (Å²) in [5.74, 6) is -0.370. The molecular formula is C19H16Cl2N2O5S. The highest BCUT2D eigenvalue weighted by atomic mass is 35.5. The Hall–Kier alpha value is -2.39. The van der Waals surface area contributed by atoms with E-state index in [4.69, 9.17) is 32.4 Å². The Morgan fingerprint density at radius 1 is 1.14 bits per heavy atom. The van der Waals surface area contributed by atoms with Crippen LogP contribution in [-0.4, -0.2) is 25.9 Å². The standard InChI is InChI=1S/C19H16Cl2N2O5S/c1-12-2-4-13(5-3-12)19-23-14(11-28-19)10-27-18(24)9-22-29(25,26)15-6-7-16(20)17(21)8-15/h2-8,11,22H,9-10H2,1H3. The Bertz CT molecular complexity index is 1130. The average molecular weight is 455 g/mol. The number of halogens is 2. The first-order valence-corrected chi connectivity index (χ1v) is 10.6. The molecule has 152 valence electrons. The van der Waals surface area contributed by atoms with E-state index in [1.54, 1.807) is 0 Å². The van der Waals surface area contributed by atoms with E-state index < -0.39 is 22.5 Å². The van der Waals surface area contributed by atoms with Crippen molar-refractivity contribution in [3.05, 3.63) is 70.0 Å². The number of hydrogen-bond acceptors (Lipinski definition) is 6. The molecule has 0 unspecified atom stereocenters. The lowest BCUT2D eigenvalue weighted by molar-refractivity contribution is -0.143. The summed E-state index contributed by atoms with van der Waals surface area (Å²) in [7, 11) is -3.94. The number of hydrogen-bond donors (Lipinski definition) is 1. The molecule has 0 fully saturated rings. The van der Waals surface area contributed by atoms with Crippen molar-refractivity contribution in [2.75, 3.05) is 6.54 Å². The fraction of sp³-hybridized carbons (Fsp3) is 0.158. The third kappa shape index (κ3) is 5.57. The van der Waals surface area contributed by atoms with Crippen LogP contribution in [-0.2, 0) is 26.2 Å². The minimum atomic E-state index is -3.94. The first kappa shape index (κ1) is 21.3. The summed E-state index contributed by atoms with van der Waals surface area (Å²) in [6.07, 6.45) is 1.38. The van der Waals surface area contributed by atoms with Gasteiger partial charge in [-0.1, -0.05) is 40.9 Å². The molecule has 0 aliphatic carbocycles. The van der Waals surface area contributed by atoms with E-state index in [-0.39, 0.29) is 21.5 Å². The van der Waals surface area contributed by atoms with Crippen LogP contribution < -0.4 is 4.72 Å². The highest BCUT2D eigenvalue weighted by Crippen LogP contribution is 2.24. The Morgan fingerprint density at radius 2 is 1.86 bits per heavy atom. The third-order valence-electron chi connectivity index (χ3n) is 3.84. The quantitative estimate of drug-likeness (QED) is 0.542. The molecule has 0 amide bonds. The van der Waals surface area contributed by atoms with E-state index in [9.17, 15) is 13.2 Å². The van der Waals surface area contributed by atoms with Gasteiger partial charge in [0, 0.05) is 5.56 Å². The van der Waals surface area contributed by atoms with Crippen LogP contribution in [0.4, 0.5) is 0 Å². The van der Waals surface area contributed by atoms with Crippen LogP contribution >= 0.6 is 23.2 Å². The van der Waals surface area contributed by atoms with Crippen LogP contribution in [0.25, 0.3) is 11.5 Å². The molecule has 1 heterocycles. The number of rotatable bonds is 7. The number of aryl methyl sites for hydroxylation is 1. The van der Waals surface area contributed by atoms with Gasteiger partial charge in [-0.25, -0.2) is 13.4 Å². The number of oxazole rings is 1. The maximum absolute atomic E-state index is 12.2. The van der Waals surface area contributed by atoms with Gasteiger partial charge >= 0.3 is 5.97 Å². The summed E-state index contributed by atoms with van der Waals surface area (Å²) >= 11 is 11.6. The lowest BCUT2D eigenvalue weighted by atomic mass is 10.1. The Labute approximate surface area is 177 Å². The average Bonchev–Trinajstić information content (AvgIpc) is 3.16. The molecule has 1 aromatic heterocycles. The molecule has 1 N–H and O–H groups in total. The van der Waals surface area contributed by atoms with Crippen molar-refractivity contribution in [3.8, 4) is 11.5 Å². The first-order valence-electron chi connectivity index (χ1n) is 8.36. The zero-order valence-corrected chi connectivity index (χ0v) is 17.5. The molecule has 3 aromatic rings. The number of nitrogens with one attached hydrogen (secondary N) is 1. The number of carbonyl (C=O) groups excluding carboxylic acids is 1.